The number of nitrogens with zero attached hydrogens (tertiary/aromatic N) is 1. The Morgan fingerprint density at radius 1 is 1.24 bits per heavy atom. The summed E-state index contributed by atoms with van der Waals surface area (Å²) in [5, 5.41) is 15.7. The van der Waals surface area contributed by atoms with Crippen LogP contribution in [0.4, 0.5) is 11.4 Å². The molecule has 0 fully saturated rings. The van der Waals surface area contributed by atoms with Crippen molar-refractivity contribution in [3.8, 4) is 5.75 Å². The molecule has 0 spiro atoms. The first-order valence-electron chi connectivity index (χ1n) is 8.14. The van der Waals surface area contributed by atoms with Crippen molar-refractivity contribution in [2.45, 2.75) is 18.4 Å². The average Bonchev–Trinajstić information content (AvgIpc) is 3.10. The van der Waals surface area contributed by atoms with Gasteiger partial charge in [0.2, 0.25) is 0 Å². The van der Waals surface area contributed by atoms with Gasteiger partial charge < -0.3 is 10.1 Å². The van der Waals surface area contributed by atoms with Crippen LogP contribution in [0.1, 0.15) is 29.5 Å². The van der Waals surface area contributed by atoms with Crippen LogP contribution in [0.5, 0.6) is 5.75 Å². The molecule has 1 N–H and O–H groups in total. The number of nitro groups is 1. The van der Waals surface area contributed by atoms with Crippen molar-refractivity contribution < 1.29 is 9.66 Å². The third-order valence-corrected chi connectivity index (χ3v) is 5.36. The molecule has 2 aromatic carbocycles. The van der Waals surface area contributed by atoms with Gasteiger partial charge in [-0.1, -0.05) is 35.9 Å². The minimum Gasteiger partial charge on any atom is -0.495 e. The zero-order valence-corrected chi connectivity index (χ0v) is 14.4. The van der Waals surface area contributed by atoms with Crippen LogP contribution in [0.2, 0.25) is 5.02 Å². The molecular weight excluding hydrogens is 340 g/mol. The number of hydrogen-bond donors (Lipinski definition) is 1. The average molecular weight is 357 g/mol. The highest BCUT2D eigenvalue weighted by molar-refractivity contribution is 6.30. The molecule has 4 rings (SSSR count). The molecule has 128 valence electrons. The Morgan fingerprint density at radius 3 is 2.68 bits per heavy atom. The van der Waals surface area contributed by atoms with Crippen molar-refractivity contribution in [1.82, 2.24) is 0 Å². The maximum Gasteiger partial charge on any atom is 0.275 e. The highest BCUT2D eigenvalue weighted by atomic mass is 35.5. The predicted octanol–water partition coefficient (Wildman–Crippen LogP) is 5.08. The zero-order chi connectivity index (χ0) is 17.6. The molecule has 0 aromatic heterocycles. The first-order chi connectivity index (χ1) is 12.1. The van der Waals surface area contributed by atoms with E-state index in [9.17, 15) is 10.1 Å². The molecule has 1 aliphatic carbocycles. The number of nitrogens with one attached hydrogen (secondary N) is 1. The van der Waals surface area contributed by atoms with Gasteiger partial charge in [-0.05, 0) is 36.1 Å². The number of nitro benzene ring substituents is 1. The molecule has 0 unspecified atom stereocenters. The van der Waals surface area contributed by atoms with Gasteiger partial charge in [-0.15, -0.1) is 0 Å². The smallest absolute Gasteiger partial charge is 0.275 e. The van der Waals surface area contributed by atoms with Gasteiger partial charge in [0.05, 0.1) is 29.3 Å². The van der Waals surface area contributed by atoms with E-state index in [1.165, 1.54) is 6.07 Å². The fourth-order valence-electron chi connectivity index (χ4n) is 3.99. The van der Waals surface area contributed by atoms with Crippen LogP contribution >= 0.6 is 11.6 Å². The lowest BCUT2D eigenvalue weighted by molar-refractivity contribution is -0.385. The molecular formula is C19H17ClN2O3. The lowest BCUT2D eigenvalue weighted by Gasteiger charge is -2.37. The monoisotopic (exact) mass is 356 g/mol. The number of ether oxygens (including phenoxy) is 1. The number of fused-ring (bicyclic) bond motifs is 3. The fraction of sp³-hybridized carbons (Fsp3) is 0.263. The summed E-state index contributed by atoms with van der Waals surface area (Å²) in [6, 6.07) is 11.0. The van der Waals surface area contributed by atoms with E-state index in [1.54, 1.807) is 13.2 Å². The maximum atomic E-state index is 11.5. The topological polar surface area (TPSA) is 64.4 Å². The summed E-state index contributed by atoms with van der Waals surface area (Å²) in [7, 11) is 1.58. The number of rotatable bonds is 3. The minimum atomic E-state index is -0.314. The summed E-state index contributed by atoms with van der Waals surface area (Å²) in [4.78, 5) is 11.2. The number of hydrogen-bond acceptors (Lipinski definition) is 4. The summed E-state index contributed by atoms with van der Waals surface area (Å²) in [6.07, 6.45) is 5.07. The molecule has 0 amide bonds. The van der Waals surface area contributed by atoms with E-state index in [1.807, 2.05) is 24.3 Å². The Hall–Kier alpha value is -2.53. The van der Waals surface area contributed by atoms with Crippen molar-refractivity contribution in [2.75, 3.05) is 12.4 Å². The van der Waals surface area contributed by atoms with Crippen molar-refractivity contribution in [2.24, 2.45) is 5.92 Å². The Labute approximate surface area is 150 Å². The zero-order valence-electron chi connectivity index (χ0n) is 13.6. The van der Waals surface area contributed by atoms with Gasteiger partial charge in [-0.2, -0.15) is 0 Å². The van der Waals surface area contributed by atoms with E-state index >= 15 is 0 Å². The maximum absolute atomic E-state index is 11.5. The van der Waals surface area contributed by atoms with Crippen LogP contribution in [-0.2, 0) is 0 Å². The third-order valence-electron chi connectivity index (χ3n) is 5.10. The first kappa shape index (κ1) is 16.0. The van der Waals surface area contributed by atoms with Crippen LogP contribution < -0.4 is 10.1 Å². The van der Waals surface area contributed by atoms with Crippen LogP contribution in [0.25, 0.3) is 0 Å². The molecule has 6 heteroatoms. The Kier molecular flexibility index (Phi) is 3.88. The number of methoxy groups -OCH3 is 1. The second-order valence-electron chi connectivity index (χ2n) is 6.36. The van der Waals surface area contributed by atoms with Crippen LogP contribution in [0, 0.1) is 16.0 Å². The van der Waals surface area contributed by atoms with Crippen molar-refractivity contribution in [3.63, 3.8) is 0 Å². The van der Waals surface area contributed by atoms with Crippen molar-refractivity contribution >= 4 is 23.0 Å². The highest BCUT2D eigenvalue weighted by Gasteiger charge is 2.42. The molecule has 0 saturated carbocycles. The highest BCUT2D eigenvalue weighted by Crippen LogP contribution is 2.54. The molecule has 3 atom stereocenters. The predicted molar refractivity (Wildman–Crippen MR) is 97.5 cm³/mol. The summed E-state index contributed by atoms with van der Waals surface area (Å²) in [5.41, 5.74) is 2.68. The Bertz CT molecular complexity index is 864. The van der Waals surface area contributed by atoms with E-state index in [4.69, 9.17) is 16.3 Å². The van der Waals surface area contributed by atoms with E-state index in [-0.39, 0.29) is 28.5 Å². The van der Waals surface area contributed by atoms with E-state index in [2.05, 4.69) is 17.5 Å². The van der Waals surface area contributed by atoms with Gasteiger partial charge in [0.1, 0.15) is 5.75 Å². The summed E-state index contributed by atoms with van der Waals surface area (Å²) in [5.74, 6) is 0.838. The SMILES string of the molecule is COc1ccc([N+](=O)[O-])c2c1N[C@H](c1ccc(Cl)cc1)[C@@H]1CC=C[C@@H]21. The lowest BCUT2D eigenvalue weighted by atomic mass is 9.76. The summed E-state index contributed by atoms with van der Waals surface area (Å²) < 4.78 is 5.47. The first-order valence-corrected chi connectivity index (χ1v) is 8.52. The van der Waals surface area contributed by atoms with E-state index in [0.29, 0.717) is 22.0 Å². The van der Waals surface area contributed by atoms with Gasteiger partial charge in [0.15, 0.2) is 0 Å². The van der Waals surface area contributed by atoms with Gasteiger partial charge in [0, 0.05) is 17.0 Å². The van der Waals surface area contributed by atoms with E-state index < -0.39 is 0 Å². The molecule has 1 aliphatic heterocycles. The molecule has 5 nitrogen and oxygen atoms in total. The molecule has 0 bridgehead atoms. The third kappa shape index (κ3) is 2.55. The standard InChI is InChI=1S/C19H17ClN2O3/c1-25-16-10-9-15(22(23)24)17-13-3-2-4-14(13)18(21-19(16)17)11-5-7-12(20)8-6-11/h2-3,5-10,13-14,18,21H,4H2,1H3/t13-,14-,18-/m1/s1. The van der Waals surface area contributed by atoms with Gasteiger partial charge >= 0.3 is 0 Å². The van der Waals surface area contributed by atoms with Gasteiger partial charge in [-0.25, -0.2) is 0 Å². The van der Waals surface area contributed by atoms with Crippen LogP contribution in [0.15, 0.2) is 48.6 Å². The Balaban J connectivity index is 1.87. The molecule has 2 aromatic rings. The second-order valence-corrected chi connectivity index (χ2v) is 6.80. The number of anilines is 1. The molecule has 2 aliphatic rings. The number of benzene rings is 2. The van der Waals surface area contributed by atoms with Crippen molar-refractivity contribution in [1.29, 1.82) is 0 Å². The van der Waals surface area contributed by atoms with Gasteiger partial charge in [-0.3, -0.25) is 10.1 Å². The summed E-state index contributed by atoms with van der Waals surface area (Å²) in [6.45, 7) is 0. The summed E-state index contributed by atoms with van der Waals surface area (Å²) >= 11 is 6.02. The van der Waals surface area contributed by atoms with Crippen LogP contribution in [-0.4, -0.2) is 12.0 Å². The van der Waals surface area contributed by atoms with E-state index in [0.717, 1.165) is 12.0 Å². The fourth-order valence-corrected chi connectivity index (χ4v) is 4.12. The normalized spacial score (nSPS) is 23.5. The second kappa shape index (κ2) is 6.08. The Morgan fingerprint density at radius 2 is 2.00 bits per heavy atom. The lowest BCUT2D eigenvalue weighted by Crippen LogP contribution is -2.30. The molecule has 25 heavy (non-hydrogen) atoms. The quantitative estimate of drug-likeness (QED) is 0.473. The van der Waals surface area contributed by atoms with Crippen molar-refractivity contribution in [3.05, 3.63) is 74.8 Å². The molecule has 1 heterocycles. The van der Waals surface area contributed by atoms with Gasteiger partial charge in [0.25, 0.3) is 5.69 Å². The number of allylic oxidation sites excluding steroid dienone is 2. The molecule has 0 radical (unpaired) electrons. The van der Waals surface area contributed by atoms with Crippen LogP contribution in [0.3, 0.4) is 0 Å². The minimum absolute atomic E-state index is 0.00701. The number of halogens is 1. The largest absolute Gasteiger partial charge is 0.495 e. The molecule has 0 saturated heterocycles.